The van der Waals surface area contributed by atoms with Crippen LogP contribution in [-0.4, -0.2) is 324 Å². The molecule has 0 aromatic rings. The zero-order chi connectivity index (χ0) is 62.2. The SMILES string of the molecule is CC(=O)N[C@H]1[C@H]([C@H](O)[C@](O)(CO)[C@]2(C(=O)O)C[C@H](O)[C@@H](NC(C)=O)[C@H]([C@H](O)[C@](O)(CO)[C@]3(C(=O)O)C[C@H](O)[C@@H](NC(C)=O)[C@H]([C@H](O)[C@](O)(CO)[C@]4(C(=O)O)C[C@H](O)[C@@H](NC(C)=O)[C@H]([C@H](O)[C@H](O)CO)O4)O3)O2)O[C@@](O)(C(=O)O)C[C@@H]1O. The molecule has 37 nitrogen and oxygen atoms in total. The second-order valence-corrected chi connectivity index (χ2v) is 20.6. The Balaban J connectivity index is 2.02. The van der Waals surface area contributed by atoms with Crippen LogP contribution in [0.1, 0.15) is 53.4 Å². The van der Waals surface area contributed by atoms with Crippen molar-refractivity contribution in [3.63, 3.8) is 0 Å². The number of carboxylic acids is 4. The van der Waals surface area contributed by atoms with Crippen molar-refractivity contribution in [2.75, 3.05) is 26.4 Å². The van der Waals surface area contributed by atoms with Gasteiger partial charge in [-0.05, 0) is 0 Å². The maximum absolute atomic E-state index is 13.9. The van der Waals surface area contributed by atoms with Gasteiger partial charge in [-0.25, -0.2) is 19.2 Å². The highest BCUT2D eigenvalue weighted by atomic mass is 16.7. The molecule has 4 fully saturated rings. The molecule has 4 saturated heterocycles. The van der Waals surface area contributed by atoms with Crippen LogP contribution in [0.5, 0.6) is 0 Å². The van der Waals surface area contributed by atoms with Crippen LogP contribution >= 0.6 is 0 Å². The number of hydrogen-bond acceptors (Lipinski definition) is 29. The van der Waals surface area contributed by atoms with Gasteiger partial charge in [0, 0.05) is 53.4 Å². The van der Waals surface area contributed by atoms with Gasteiger partial charge in [0.25, 0.3) is 5.79 Å². The minimum Gasteiger partial charge on any atom is -0.479 e. The summed E-state index contributed by atoms with van der Waals surface area (Å²) in [5.74, 6) is -18.3. The molecule has 0 bridgehead atoms. The molecule has 4 aliphatic heterocycles. The fraction of sp³-hybridized carbons (Fsp3) is 0.818. The molecular weight excluding hydrogens is 1110 g/mol. The summed E-state index contributed by atoms with van der Waals surface area (Å²) >= 11 is 0. The molecule has 0 saturated carbocycles. The lowest BCUT2D eigenvalue weighted by Gasteiger charge is -2.59. The average molecular weight is 1180 g/mol. The zero-order valence-electron chi connectivity index (χ0n) is 43.3. The first-order chi connectivity index (χ1) is 37.2. The number of aliphatic hydroxyl groups excluding tert-OH is 13. The van der Waals surface area contributed by atoms with Gasteiger partial charge in [0.05, 0.1) is 75.0 Å². The fourth-order valence-corrected chi connectivity index (χ4v) is 11.1. The number of amides is 4. The molecule has 0 radical (unpaired) electrons. The van der Waals surface area contributed by atoms with Crippen molar-refractivity contribution in [3.05, 3.63) is 0 Å². The molecule has 4 aliphatic rings. The van der Waals surface area contributed by atoms with Gasteiger partial charge in [0.2, 0.25) is 40.4 Å². The largest absolute Gasteiger partial charge is 0.479 e. The van der Waals surface area contributed by atoms with E-state index < -0.39 is 243 Å². The van der Waals surface area contributed by atoms with Crippen LogP contribution in [0.4, 0.5) is 0 Å². The Morgan fingerprint density at radius 3 is 0.926 bits per heavy atom. The van der Waals surface area contributed by atoms with Crippen molar-refractivity contribution in [2.24, 2.45) is 0 Å². The highest BCUT2D eigenvalue weighted by Gasteiger charge is 2.75. The Hall–Kier alpha value is -5.08. The van der Waals surface area contributed by atoms with Gasteiger partial charge < -0.3 is 147 Å². The van der Waals surface area contributed by atoms with E-state index in [0.717, 1.165) is 13.8 Å². The minimum absolute atomic E-state index is 0.700. The molecule has 0 aliphatic carbocycles. The summed E-state index contributed by atoms with van der Waals surface area (Å²) in [5, 5.41) is 245. The van der Waals surface area contributed by atoms with Gasteiger partial charge in [-0.3, -0.25) is 19.2 Å². The van der Waals surface area contributed by atoms with Crippen LogP contribution in [0, 0.1) is 0 Å². The van der Waals surface area contributed by atoms with Gasteiger partial charge >= 0.3 is 23.9 Å². The number of carboxylic acid groups (broad SMARTS) is 4. The molecule has 0 spiro atoms. The molecule has 0 aromatic carbocycles. The van der Waals surface area contributed by atoms with Gasteiger partial charge in [-0.1, -0.05) is 0 Å². The van der Waals surface area contributed by atoms with Crippen molar-refractivity contribution >= 4 is 47.5 Å². The van der Waals surface area contributed by atoms with E-state index in [1.165, 1.54) is 0 Å². The standard InChI is InChI=1S/C44H70N4O33/c1-13(53)45-22-17(57)5-41(34(66)67,78-27(22)26(62)21(61)9-49)38(74,10-50)31(63)28-23(46-14(2)54)18(58)6-42(79-28,35(68)69)39(75,11-51)32(64)29-24(47-15(3)55)19(59)7-43(80-29,36(70)71)40(76,12-52)33(65)30-25(48-16(4)56)20(60)8-44(77,81-30)37(72)73/h17-33,49-52,57-65,74-77H,5-12H2,1-4H3,(H,45,53)(H,46,54)(H,47,55)(H,48,56)(H,66,67)(H,68,69)(H,70,71)(H,72,73)/t17-,18-,19-,20-,21+,22+,23+,24+,25+,26+,27+,28+,29+,30+,31-,32-,33-,38+,39+,40+,41+,42+,43+,44+/m0/s1. The number of rotatable bonds is 23. The molecule has 25 N–H and O–H groups in total. The summed E-state index contributed by atoms with van der Waals surface area (Å²) in [6.45, 7) is -4.91. The van der Waals surface area contributed by atoms with E-state index in [-0.39, 0.29) is 0 Å². The van der Waals surface area contributed by atoms with E-state index in [1.54, 1.807) is 0 Å². The van der Waals surface area contributed by atoms with E-state index in [1.807, 2.05) is 16.0 Å². The molecule has 464 valence electrons. The van der Waals surface area contributed by atoms with E-state index in [4.69, 9.17) is 18.9 Å². The summed E-state index contributed by atoms with van der Waals surface area (Å²) in [5.41, 5.74) is -24.6. The fourth-order valence-electron chi connectivity index (χ4n) is 11.1. The Labute approximate surface area is 455 Å². The molecule has 24 atom stereocenters. The summed E-state index contributed by atoms with van der Waals surface area (Å²) < 4.78 is 22.1. The number of hydrogen-bond donors (Lipinski definition) is 25. The first-order valence-electron chi connectivity index (χ1n) is 24.4. The number of nitrogens with one attached hydrogen (secondary N) is 4. The molecule has 0 unspecified atom stereocenters. The molecule has 4 rings (SSSR count). The van der Waals surface area contributed by atoms with E-state index in [0.29, 0.717) is 13.8 Å². The maximum Gasteiger partial charge on any atom is 0.364 e. The molecule has 81 heavy (non-hydrogen) atoms. The molecule has 0 aromatic heterocycles. The molecule has 4 heterocycles. The van der Waals surface area contributed by atoms with Crippen molar-refractivity contribution in [1.82, 2.24) is 21.3 Å². The normalized spacial score (nSPS) is 38.6. The van der Waals surface area contributed by atoms with Crippen molar-refractivity contribution in [1.29, 1.82) is 0 Å². The summed E-state index contributed by atoms with van der Waals surface area (Å²) in [6.07, 6.45) is -43.2. The first kappa shape index (κ1) is 68.4. The summed E-state index contributed by atoms with van der Waals surface area (Å²) in [4.78, 5) is 103. The number of carbonyl (C=O) groups excluding carboxylic acids is 4. The third-order valence-electron chi connectivity index (χ3n) is 15.4. The Morgan fingerprint density at radius 1 is 0.444 bits per heavy atom. The minimum atomic E-state index is -4.32. The lowest BCUT2D eigenvalue weighted by molar-refractivity contribution is -0.350. The van der Waals surface area contributed by atoms with Crippen LogP contribution in [-0.2, 0) is 57.3 Å². The van der Waals surface area contributed by atoms with Gasteiger partial charge in [-0.2, -0.15) is 0 Å². The third kappa shape index (κ3) is 11.9. The average Bonchev–Trinajstić information content (AvgIpc) is 3.53. The van der Waals surface area contributed by atoms with Gasteiger partial charge in [-0.15, -0.1) is 0 Å². The number of carbonyl (C=O) groups is 8. The molecule has 37 heteroatoms. The van der Waals surface area contributed by atoms with Crippen LogP contribution in [0.25, 0.3) is 0 Å². The Morgan fingerprint density at radius 2 is 0.691 bits per heavy atom. The number of ether oxygens (including phenoxy) is 4. The highest BCUT2D eigenvalue weighted by molar-refractivity contribution is 5.83. The number of aliphatic carboxylic acids is 4. The van der Waals surface area contributed by atoms with Crippen molar-refractivity contribution in [3.8, 4) is 0 Å². The summed E-state index contributed by atoms with van der Waals surface area (Å²) in [7, 11) is 0. The Kier molecular flexibility index (Phi) is 21.1. The number of aliphatic hydroxyl groups is 17. The van der Waals surface area contributed by atoms with Gasteiger partial charge in [0.15, 0.2) is 16.8 Å². The van der Waals surface area contributed by atoms with Crippen LogP contribution in [0.2, 0.25) is 0 Å². The predicted octanol–water partition coefficient (Wildman–Crippen LogP) is -14.2. The third-order valence-corrected chi connectivity index (χ3v) is 15.4. The van der Waals surface area contributed by atoms with Gasteiger partial charge in [0.1, 0.15) is 54.9 Å². The highest BCUT2D eigenvalue weighted by Crippen LogP contribution is 2.50. The summed E-state index contributed by atoms with van der Waals surface area (Å²) in [6, 6.07) is -9.04. The maximum atomic E-state index is 13.9. The monoisotopic (exact) mass is 1180 g/mol. The molecule has 4 amide bonds. The topological polar surface area (TPSA) is 646 Å². The first-order valence-corrected chi connectivity index (χ1v) is 24.4. The zero-order valence-corrected chi connectivity index (χ0v) is 43.3. The lowest BCUT2D eigenvalue weighted by atomic mass is 9.65. The molecular formula is C44H70N4O33. The van der Waals surface area contributed by atoms with E-state index >= 15 is 0 Å². The van der Waals surface area contributed by atoms with E-state index in [9.17, 15) is 146 Å². The Bertz CT molecular complexity index is 2360. The smallest absolute Gasteiger partial charge is 0.364 e. The second-order valence-electron chi connectivity index (χ2n) is 20.6. The van der Waals surface area contributed by atoms with Crippen molar-refractivity contribution in [2.45, 2.75) is 196 Å². The second kappa shape index (κ2) is 25.0. The van der Waals surface area contributed by atoms with Crippen LogP contribution in [0.3, 0.4) is 0 Å². The quantitative estimate of drug-likeness (QED) is 0.0452. The van der Waals surface area contributed by atoms with Crippen molar-refractivity contribution < 1.29 is 165 Å². The van der Waals surface area contributed by atoms with Crippen LogP contribution < -0.4 is 21.3 Å². The van der Waals surface area contributed by atoms with E-state index in [2.05, 4.69) is 5.32 Å². The van der Waals surface area contributed by atoms with Crippen LogP contribution in [0.15, 0.2) is 0 Å². The predicted molar refractivity (Wildman–Crippen MR) is 249 cm³/mol. The lowest BCUT2D eigenvalue weighted by Crippen LogP contribution is -2.83.